The fourth-order valence-corrected chi connectivity index (χ4v) is 5.07. The van der Waals surface area contributed by atoms with Crippen molar-refractivity contribution in [2.24, 2.45) is 0 Å². The van der Waals surface area contributed by atoms with Gasteiger partial charge in [0, 0.05) is 21.5 Å². The van der Waals surface area contributed by atoms with Crippen molar-refractivity contribution in [3.05, 3.63) is 105 Å². The van der Waals surface area contributed by atoms with Gasteiger partial charge in [0.2, 0.25) is 0 Å². The number of hydrogen-bond acceptors (Lipinski definition) is 5. The number of aromatic nitrogens is 2. The van der Waals surface area contributed by atoms with Gasteiger partial charge in [-0.05, 0) is 65.9 Å². The molecule has 0 aliphatic rings. The van der Waals surface area contributed by atoms with Crippen molar-refractivity contribution in [1.82, 2.24) is 9.78 Å². The van der Waals surface area contributed by atoms with E-state index in [0.717, 1.165) is 16.8 Å². The molecule has 0 bridgehead atoms. The minimum atomic E-state index is -1.15. The molecule has 3 aromatic carbocycles. The van der Waals surface area contributed by atoms with Crippen molar-refractivity contribution in [3.63, 3.8) is 0 Å². The first kappa shape index (κ1) is 28.0. The number of halogens is 2. The number of methoxy groups -OCH3 is 1. The maximum atomic E-state index is 12.7. The smallest absolute Gasteiger partial charge is 0.356 e. The summed E-state index contributed by atoms with van der Waals surface area (Å²) in [6.07, 6.45) is 0.334. The average Bonchev–Trinajstić information content (AvgIpc) is 3.33. The van der Waals surface area contributed by atoms with Crippen LogP contribution in [0.1, 0.15) is 58.6 Å². The maximum Gasteiger partial charge on any atom is 0.356 e. The molecule has 0 amide bonds. The highest BCUT2D eigenvalue weighted by Gasteiger charge is 2.33. The molecule has 1 N–H and O–H groups in total. The van der Waals surface area contributed by atoms with Gasteiger partial charge in [0.1, 0.15) is 23.3 Å². The number of rotatable bonds is 10. The van der Waals surface area contributed by atoms with Crippen molar-refractivity contribution in [2.75, 3.05) is 13.7 Å². The van der Waals surface area contributed by atoms with Crippen LogP contribution in [0, 0.1) is 11.3 Å². The molecule has 4 aromatic rings. The van der Waals surface area contributed by atoms with Crippen LogP contribution in [0.3, 0.4) is 0 Å². The van der Waals surface area contributed by atoms with E-state index >= 15 is 0 Å². The van der Waals surface area contributed by atoms with E-state index in [0.29, 0.717) is 39.2 Å². The molecule has 0 spiro atoms. The molecule has 200 valence electrons. The first-order valence-corrected chi connectivity index (χ1v) is 13.0. The van der Waals surface area contributed by atoms with Crippen molar-refractivity contribution in [2.45, 2.75) is 32.1 Å². The first-order valence-electron chi connectivity index (χ1n) is 12.3. The molecule has 0 fully saturated rings. The third-order valence-electron chi connectivity index (χ3n) is 6.38. The minimum Gasteiger partial charge on any atom is -0.494 e. The number of carboxylic acids is 1. The standard InChI is InChI=1S/C30H27Cl2N3O4/c1-18(2)29-27(28(30(36)37)34-35(29)24-6-4-5-7-26(24)38-3)23(19-8-10-21(31)11-9-19)17-20-16-22(32)12-13-25(20)39-15-14-33/h4-13,16,18,23H,15,17H2,1-3H3,(H,36,37). The fourth-order valence-electron chi connectivity index (χ4n) is 4.75. The molecule has 0 radical (unpaired) electrons. The van der Waals surface area contributed by atoms with E-state index in [1.165, 1.54) is 0 Å². The number of benzene rings is 3. The summed E-state index contributed by atoms with van der Waals surface area (Å²) in [5, 5.41) is 25.1. The van der Waals surface area contributed by atoms with Crippen LogP contribution in [0.15, 0.2) is 66.7 Å². The van der Waals surface area contributed by atoms with Gasteiger partial charge in [0.05, 0.1) is 12.8 Å². The van der Waals surface area contributed by atoms with Crippen molar-refractivity contribution in [1.29, 1.82) is 5.26 Å². The molecule has 0 saturated carbocycles. The summed E-state index contributed by atoms with van der Waals surface area (Å²) < 4.78 is 12.9. The highest BCUT2D eigenvalue weighted by molar-refractivity contribution is 6.30. The number of nitriles is 1. The Bertz CT molecular complexity index is 1520. The van der Waals surface area contributed by atoms with Gasteiger partial charge in [-0.2, -0.15) is 10.4 Å². The number of para-hydroxylation sites is 2. The lowest BCUT2D eigenvalue weighted by molar-refractivity contribution is 0.0688. The van der Waals surface area contributed by atoms with Crippen LogP contribution in [-0.2, 0) is 6.42 Å². The molecule has 1 unspecified atom stereocenters. The second-order valence-electron chi connectivity index (χ2n) is 9.20. The molecule has 1 aromatic heterocycles. The molecular formula is C30H27Cl2N3O4. The van der Waals surface area contributed by atoms with Crippen LogP contribution in [0.4, 0.5) is 0 Å². The second kappa shape index (κ2) is 12.2. The summed E-state index contributed by atoms with van der Waals surface area (Å²) in [6, 6.07) is 21.8. The zero-order valence-electron chi connectivity index (χ0n) is 21.7. The second-order valence-corrected chi connectivity index (χ2v) is 10.1. The molecule has 0 saturated heterocycles. The summed E-state index contributed by atoms with van der Waals surface area (Å²) in [4.78, 5) is 12.7. The van der Waals surface area contributed by atoms with Crippen LogP contribution in [0.2, 0.25) is 10.0 Å². The molecule has 0 aliphatic heterocycles. The Morgan fingerprint density at radius 2 is 1.74 bits per heavy atom. The Morgan fingerprint density at radius 1 is 1.05 bits per heavy atom. The maximum absolute atomic E-state index is 12.7. The fraction of sp³-hybridized carbons (Fsp3) is 0.233. The van der Waals surface area contributed by atoms with Gasteiger partial charge < -0.3 is 14.6 Å². The Labute approximate surface area is 237 Å². The van der Waals surface area contributed by atoms with E-state index in [1.54, 1.807) is 42.1 Å². The summed E-state index contributed by atoms with van der Waals surface area (Å²) in [5.74, 6) is -0.645. The normalized spacial score (nSPS) is 11.7. The van der Waals surface area contributed by atoms with Crippen molar-refractivity contribution < 1.29 is 19.4 Å². The number of carboxylic acid groups (broad SMARTS) is 1. The molecule has 0 aliphatic carbocycles. The van der Waals surface area contributed by atoms with Crippen LogP contribution >= 0.6 is 23.2 Å². The molecule has 4 rings (SSSR count). The number of carbonyl (C=O) groups is 1. The van der Waals surface area contributed by atoms with Crippen LogP contribution in [0.5, 0.6) is 11.5 Å². The number of aromatic carboxylic acids is 1. The molecule has 1 atom stereocenters. The third kappa shape index (κ3) is 6.03. The number of hydrogen-bond donors (Lipinski definition) is 1. The highest BCUT2D eigenvalue weighted by atomic mass is 35.5. The van der Waals surface area contributed by atoms with E-state index in [1.807, 2.05) is 56.3 Å². The SMILES string of the molecule is COc1ccccc1-n1nc(C(=O)O)c(C(Cc2cc(Cl)ccc2OCC#N)c2ccc(Cl)cc2)c1C(C)C. The zero-order chi connectivity index (χ0) is 28.1. The molecule has 1 heterocycles. The van der Waals surface area contributed by atoms with Gasteiger partial charge >= 0.3 is 5.97 Å². The summed E-state index contributed by atoms with van der Waals surface area (Å²) in [7, 11) is 1.56. The van der Waals surface area contributed by atoms with Gasteiger partial charge in [-0.25, -0.2) is 9.48 Å². The molecule has 9 heteroatoms. The Kier molecular flexibility index (Phi) is 8.80. The van der Waals surface area contributed by atoms with Gasteiger partial charge in [-0.3, -0.25) is 0 Å². The van der Waals surface area contributed by atoms with Crippen molar-refractivity contribution in [3.8, 4) is 23.3 Å². The average molecular weight is 564 g/mol. The lowest BCUT2D eigenvalue weighted by Crippen LogP contribution is -2.14. The molecular weight excluding hydrogens is 537 g/mol. The summed E-state index contributed by atoms with van der Waals surface area (Å²) in [5.41, 5.74) is 3.44. The molecule has 7 nitrogen and oxygen atoms in total. The van der Waals surface area contributed by atoms with Crippen LogP contribution in [-0.4, -0.2) is 34.6 Å². The van der Waals surface area contributed by atoms with E-state index in [2.05, 4.69) is 5.10 Å². The zero-order valence-corrected chi connectivity index (χ0v) is 23.2. The van der Waals surface area contributed by atoms with Gasteiger partial charge in [0.25, 0.3) is 0 Å². The summed E-state index contributed by atoms with van der Waals surface area (Å²) in [6.45, 7) is 3.86. The quantitative estimate of drug-likeness (QED) is 0.217. The van der Waals surface area contributed by atoms with Crippen molar-refractivity contribution >= 4 is 29.2 Å². The Balaban J connectivity index is 2.01. The lowest BCUT2D eigenvalue weighted by atomic mass is 9.82. The Morgan fingerprint density at radius 3 is 2.38 bits per heavy atom. The third-order valence-corrected chi connectivity index (χ3v) is 6.87. The predicted octanol–water partition coefficient (Wildman–Crippen LogP) is 7.29. The van der Waals surface area contributed by atoms with E-state index in [4.69, 9.17) is 37.9 Å². The lowest BCUT2D eigenvalue weighted by Gasteiger charge is -2.23. The van der Waals surface area contributed by atoms with E-state index in [-0.39, 0.29) is 18.2 Å². The first-order chi connectivity index (χ1) is 18.7. The molecule has 39 heavy (non-hydrogen) atoms. The topological polar surface area (TPSA) is 97.4 Å². The highest BCUT2D eigenvalue weighted by Crippen LogP contribution is 2.40. The predicted molar refractivity (Wildman–Crippen MR) is 151 cm³/mol. The van der Waals surface area contributed by atoms with Gasteiger partial charge in [0.15, 0.2) is 12.3 Å². The van der Waals surface area contributed by atoms with E-state index < -0.39 is 11.9 Å². The van der Waals surface area contributed by atoms with Crippen LogP contribution < -0.4 is 9.47 Å². The largest absolute Gasteiger partial charge is 0.494 e. The number of ether oxygens (including phenoxy) is 2. The van der Waals surface area contributed by atoms with Gasteiger partial charge in [-0.1, -0.05) is 61.3 Å². The monoisotopic (exact) mass is 563 g/mol. The summed E-state index contributed by atoms with van der Waals surface area (Å²) >= 11 is 12.6. The van der Waals surface area contributed by atoms with Crippen LogP contribution in [0.25, 0.3) is 5.69 Å². The number of nitrogens with zero attached hydrogens (tertiary/aromatic N) is 3. The van der Waals surface area contributed by atoms with E-state index in [9.17, 15) is 9.90 Å². The van der Waals surface area contributed by atoms with Gasteiger partial charge in [-0.15, -0.1) is 0 Å². The minimum absolute atomic E-state index is 0.0638. The Hall–Kier alpha value is -3.99.